The maximum atomic E-state index is 12.3. The fourth-order valence-electron chi connectivity index (χ4n) is 2.28. The molecule has 2 N–H and O–H groups in total. The molecule has 0 aromatic heterocycles. The van der Waals surface area contributed by atoms with Crippen molar-refractivity contribution in [3.63, 3.8) is 0 Å². The van der Waals surface area contributed by atoms with Crippen LogP contribution in [-0.2, 0) is 10.0 Å². The van der Waals surface area contributed by atoms with Gasteiger partial charge in [-0.15, -0.1) is 0 Å². The third-order valence-corrected chi connectivity index (χ3v) is 5.64. The van der Waals surface area contributed by atoms with E-state index in [-0.39, 0.29) is 14.9 Å². The number of hydrogen-bond donors (Lipinski definition) is 2. The van der Waals surface area contributed by atoms with Gasteiger partial charge in [-0.25, -0.2) is 13.1 Å². The van der Waals surface area contributed by atoms with E-state index in [4.69, 9.17) is 27.9 Å². The molecule has 1 fully saturated rings. The lowest BCUT2D eigenvalue weighted by atomic mass is 10.0. The average Bonchev–Trinajstić information content (AvgIpc) is 2.48. The van der Waals surface area contributed by atoms with Gasteiger partial charge >= 0.3 is 0 Å². The summed E-state index contributed by atoms with van der Waals surface area (Å²) in [5.41, 5.74) is 0. The number of rotatable bonds is 5. The van der Waals surface area contributed by atoms with Crippen molar-refractivity contribution in [2.24, 2.45) is 5.92 Å². The number of halogens is 2. The molecule has 21 heavy (non-hydrogen) atoms. The van der Waals surface area contributed by atoms with Gasteiger partial charge in [0.05, 0.1) is 17.2 Å². The summed E-state index contributed by atoms with van der Waals surface area (Å²) in [5.74, 6) is 0.637. The highest BCUT2D eigenvalue weighted by Gasteiger charge is 2.22. The van der Waals surface area contributed by atoms with Crippen molar-refractivity contribution in [3.05, 3.63) is 22.2 Å². The van der Waals surface area contributed by atoms with Gasteiger partial charge in [-0.05, 0) is 37.9 Å². The molecule has 0 spiro atoms. The first kappa shape index (κ1) is 16.8. The largest absolute Gasteiger partial charge is 0.495 e. The van der Waals surface area contributed by atoms with E-state index < -0.39 is 10.0 Å². The highest BCUT2D eigenvalue weighted by Crippen LogP contribution is 2.33. The third-order valence-electron chi connectivity index (χ3n) is 3.46. The van der Waals surface area contributed by atoms with Crippen LogP contribution in [0.1, 0.15) is 12.8 Å². The molecule has 0 aliphatic carbocycles. The van der Waals surface area contributed by atoms with E-state index in [9.17, 15) is 8.42 Å². The third kappa shape index (κ3) is 4.23. The highest BCUT2D eigenvalue weighted by atomic mass is 35.5. The molecule has 1 aromatic carbocycles. The van der Waals surface area contributed by atoms with Gasteiger partial charge in [-0.3, -0.25) is 0 Å². The fourth-order valence-corrected chi connectivity index (χ4v) is 4.24. The first-order valence-corrected chi connectivity index (χ1v) is 8.91. The molecule has 1 atom stereocenters. The van der Waals surface area contributed by atoms with Gasteiger partial charge in [-0.2, -0.15) is 0 Å². The van der Waals surface area contributed by atoms with E-state index in [0.717, 1.165) is 25.9 Å². The maximum absolute atomic E-state index is 12.3. The topological polar surface area (TPSA) is 67.4 Å². The van der Waals surface area contributed by atoms with Gasteiger partial charge in [0.15, 0.2) is 0 Å². The number of sulfonamides is 1. The lowest BCUT2D eigenvalue weighted by Gasteiger charge is -2.23. The zero-order valence-electron chi connectivity index (χ0n) is 11.7. The van der Waals surface area contributed by atoms with Crippen molar-refractivity contribution < 1.29 is 13.2 Å². The molecule has 118 valence electrons. The van der Waals surface area contributed by atoms with Gasteiger partial charge in [-0.1, -0.05) is 23.2 Å². The van der Waals surface area contributed by atoms with Crippen LogP contribution in [0.15, 0.2) is 17.0 Å². The summed E-state index contributed by atoms with van der Waals surface area (Å²) in [6.07, 6.45) is 2.06. The Bertz CT molecular complexity index is 602. The lowest BCUT2D eigenvalue weighted by molar-refractivity contribution is 0.376. The Kier molecular flexibility index (Phi) is 5.73. The van der Waals surface area contributed by atoms with Crippen LogP contribution in [0.2, 0.25) is 10.0 Å². The number of hydrogen-bond acceptors (Lipinski definition) is 4. The lowest BCUT2D eigenvalue weighted by Crippen LogP contribution is -2.38. The number of nitrogens with one attached hydrogen (secondary N) is 2. The van der Waals surface area contributed by atoms with E-state index in [1.807, 2.05) is 0 Å². The Morgan fingerprint density at radius 1 is 1.38 bits per heavy atom. The average molecular weight is 353 g/mol. The standard InChI is InChI=1S/C13H18Cl2N2O3S/c1-20-12-5-11(15)13(6-10(12)14)21(18,19)17-8-9-3-2-4-16-7-9/h5-6,9,16-17H,2-4,7-8H2,1H3. The van der Waals surface area contributed by atoms with Crippen molar-refractivity contribution in [1.82, 2.24) is 10.0 Å². The van der Waals surface area contributed by atoms with Crippen LogP contribution in [-0.4, -0.2) is 35.2 Å². The van der Waals surface area contributed by atoms with Crippen molar-refractivity contribution in [3.8, 4) is 5.75 Å². The highest BCUT2D eigenvalue weighted by molar-refractivity contribution is 7.89. The Morgan fingerprint density at radius 3 is 2.76 bits per heavy atom. The Morgan fingerprint density at radius 2 is 2.14 bits per heavy atom. The van der Waals surface area contributed by atoms with E-state index in [1.165, 1.54) is 19.2 Å². The van der Waals surface area contributed by atoms with Crippen LogP contribution in [0, 0.1) is 5.92 Å². The van der Waals surface area contributed by atoms with Crippen LogP contribution < -0.4 is 14.8 Å². The van der Waals surface area contributed by atoms with Crippen molar-refractivity contribution in [2.75, 3.05) is 26.7 Å². The summed E-state index contributed by atoms with van der Waals surface area (Å²) < 4.78 is 32.3. The SMILES string of the molecule is COc1cc(Cl)c(S(=O)(=O)NCC2CCCNC2)cc1Cl. The van der Waals surface area contributed by atoms with E-state index in [0.29, 0.717) is 18.2 Å². The van der Waals surface area contributed by atoms with Gasteiger partial charge in [0.25, 0.3) is 0 Å². The predicted octanol–water partition coefficient (Wildman–Crippen LogP) is 2.28. The molecule has 0 radical (unpaired) electrons. The van der Waals surface area contributed by atoms with Crippen LogP contribution in [0.3, 0.4) is 0 Å². The van der Waals surface area contributed by atoms with E-state index in [1.54, 1.807) is 0 Å². The molecule has 0 amide bonds. The molecule has 5 nitrogen and oxygen atoms in total. The van der Waals surface area contributed by atoms with Gasteiger partial charge in [0, 0.05) is 12.6 Å². The second kappa shape index (κ2) is 7.15. The summed E-state index contributed by atoms with van der Waals surface area (Å²) in [5, 5.41) is 3.55. The molecule has 1 unspecified atom stereocenters. The predicted molar refractivity (Wildman–Crippen MR) is 83.8 cm³/mol. The van der Waals surface area contributed by atoms with Gasteiger partial charge in [0.2, 0.25) is 10.0 Å². The smallest absolute Gasteiger partial charge is 0.242 e. The minimum Gasteiger partial charge on any atom is -0.495 e. The first-order valence-electron chi connectivity index (χ1n) is 6.67. The fraction of sp³-hybridized carbons (Fsp3) is 0.538. The zero-order valence-corrected chi connectivity index (χ0v) is 14.0. The molecule has 1 aliphatic heterocycles. The van der Waals surface area contributed by atoms with Crippen molar-refractivity contribution in [1.29, 1.82) is 0 Å². The molecular formula is C13H18Cl2N2O3S. The molecule has 8 heteroatoms. The first-order chi connectivity index (χ1) is 9.94. The Hall–Kier alpha value is -0.530. The van der Waals surface area contributed by atoms with Crippen LogP contribution >= 0.6 is 23.2 Å². The van der Waals surface area contributed by atoms with Crippen molar-refractivity contribution >= 4 is 33.2 Å². The van der Waals surface area contributed by atoms with E-state index >= 15 is 0 Å². The minimum atomic E-state index is -3.69. The van der Waals surface area contributed by atoms with E-state index in [2.05, 4.69) is 10.0 Å². The number of ether oxygens (including phenoxy) is 1. The molecule has 2 rings (SSSR count). The second-order valence-corrected chi connectivity index (χ2v) is 7.53. The normalized spacial score (nSPS) is 19.5. The summed E-state index contributed by atoms with van der Waals surface area (Å²) in [6.45, 7) is 2.19. The zero-order chi connectivity index (χ0) is 15.5. The summed E-state index contributed by atoms with van der Waals surface area (Å²) >= 11 is 12.0. The van der Waals surface area contributed by atoms with Crippen molar-refractivity contribution in [2.45, 2.75) is 17.7 Å². The molecular weight excluding hydrogens is 335 g/mol. The molecule has 1 aliphatic rings. The Labute approximate surface area is 135 Å². The summed E-state index contributed by atoms with van der Waals surface area (Å²) in [7, 11) is -2.24. The molecule has 1 heterocycles. The van der Waals surface area contributed by atoms with Crippen LogP contribution in [0.4, 0.5) is 0 Å². The summed E-state index contributed by atoms with van der Waals surface area (Å²) in [6, 6.07) is 2.71. The molecule has 0 saturated carbocycles. The monoisotopic (exact) mass is 352 g/mol. The maximum Gasteiger partial charge on any atom is 0.242 e. The van der Waals surface area contributed by atoms with Crippen LogP contribution in [0.5, 0.6) is 5.75 Å². The molecule has 0 bridgehead atoms. The van der Waals surface area contributed by atoms with Crippen LogP contribution in [0.25, 0.3) is 0 Å². The minimum absolute atomic E-state index is 0.0289. The second-order valence-electron chi connectivity index (χ2n) is 4.98. The van der Waals surface area contributed by atoms with Gasteiger partial charge < -0.3 is 10.1 Å². The van der Waals surface area contributed by atoms with Gasteiger partial charge in [0.1, 0.15) is 10.6 Å². The quantitative estimate of drug-likeness (QED) is 0.852. The number of benzene rings is 1. The summed E-state index contributed by atoms with van der Waals surface area (Å²) in [4.78, 5) is -0.0289. The molecule has 1 aromatic rings. The number of methoxy groups -OCH3 is 1. The number of piperidine rings is 1. The molecule has 1 saturated heterocycles. The Balaban J connectivity index is 2.13.